The van der Waals surface area contributed by atoms with E-state index in [9.17, 15) is 0 Å². The van der Waals surface area contributed by atoms with Crippen molar-refractivity contribution < 1.29 is 0 Å². The maximum Gasteiger partial charge on any atom is 0.0766 e. The van der Waals surface area contributed by atoms with Gasteiger partial charge in [-0.05, 0) is 25.8 Å². The number of nitrogens with zero attached hydrogens (tertiary/aromatic N) is 2. The highest BCUT2D eigenvalue weighted by Crippen LogP contribution is 2.23. The van der Waals surface area contributed by atoms with E-state index in [1.165, 1.54) is 5.69 Å². The summed E-state index contributed by atoms with van der Waals surface area (Å²) in [4.78, 5) is 6.24. The summed E-state index contributed by atoms with van der Waals surface area (Å²) in [6.07, 6.45) is 7.76. The first-order valence-electron chi connectivity index (χ1n) is 5.64. The third kappa shape index (κ3) is 3.57. The van der Waals surface area contributed by atoms with Gasteiger partial charge in [-0.2, -0.15) is 0 Å². The standard InChI is InChI=1S/C13H21N3/c1-5-6-7-11(2)15-12-10-14-9-8-13(12)16(3)4/h5,8-11,15H,1,6-7H2,2-4H3. The molecule has 3 heteroatoms. The van der Waals surface area contributed by atoms with Crippen molar-refractivity contribution in [3.63, 3.8) is 0 Å². The summed E-state index contributed by atoms with van der Waals surface area (Å²) in [6.45, 7) is 5.91. The molecular formula is C13H21N3. The number of pyridine rings is 1. The fourth-order valence-electron chi connectivity index (χ4n) is 1.59. The summed E-state index contributed by atoms with van der Waals surface area (Å²) in [5, 5.41) is 3.47. The number of rotatable bonds is 6. The molecule has 1 atom stereocenters. The highest BCUT2D eigenvalue weighted by atomic mass is 15.1. The topological polar surface area (TPSA) is 28.2 Å². The number of hydrogen-bond donors (Lipinski definition) is 1. The van der Waals surface area contributed by atoms with Crippen molar-refractivity contribution in [2.75, 3.05) is 24.3 Å². The van der Waals surface area contributed by atoms with Crippen molar-refractivity contribution >= 4 is 11.4 Å². The molecule has 0 spiro atoms. The molecule has 0 radical (unpaired) electrons. The smallest absolute Gasteiger partial charge is 0.0766 e. The van der Waals surface area contributed by atoms with Crippen LogP contribution < -0.4 is 10.2 Å². The fraction of sp³-hybridized carbons (Fsp3) is 0.462. The molecule has 88 valence electrons. The zero-order valence-electron chi connectivity index (χ0n) is 10.4. The third-order valence-corrected chi connectivity index (χ3v) is 2.49. The van der Waals surface area contributed by atoms with Gasteiger partial charge in [0, 0.05) is 26.3 Å². The van der Waals surface area contributed by atoms with Crippen LogP contribution >= 0.6 is 0 Å². The van der Waals surface area contributed by atoms with E-state index in [4.69, 9.17) is 0 Å². The minimum Gasteiger partial charge on any atom is -0.380 e. The lowest BCUT2D eigenvalue weighted by Crippen LogP contribution is -2.18. The van der Waals surface area contributed by atoms with Crippen molar-refractivity contribution in [2.24, 2.45) is 0 Å². The van der Waals surface area contributed by atoms with Gasteiger partial charge in [0.1, 0.15) is 0 Å². The molecule has 1 heterocycles. The molecule has 1 rings (SSSR count). The molecule has 1 aromatic heterocycles. The van der Waals surface area contributed by atoms with E-state index in [0.717, 1.165) is 18.5 Å². The molecule has 1 aromatic rings. The Morgan fingerprint density at radius 1 is 1.56 bits per heavy atom. The van der Waals surface area contributed by atoms with Crippen molar-refractivity contribution in [2.45, 2.75) is 25.8 Å². The summed E-state index contributed by atoms with van der Waals surface area (Å²) in [6, 6.07) is 2.45. The van der Waals surface area contributed by atoms with Crippen LogP contribution in [0.25, 0.3) is 0 Å². The molecule has 0 fully saturated rings. The summed E-state index contributed by atoms with van der Waals surface area (Å²) in [7, 11) is 4.07. The summed E-state index contributed by atoms with van der Waals surface area (Å²) in [5.74, 6) is 0. The van der Waals surface area contributed by atoms with Crippen LogP contribution in [0.3, 0.4) is 0 Å². The van der Waals surface area contributed by atoms with Gasteiger partial charge in [0.2, 0.25) is 0 Å². The molecule has 0 aliphatic heterocycles. The van der Waals surface area contributed by atoms with E-state index in [2.05, 4.69) is 28.7 Å². The Balaban J connectivity index is 2.68. The van der Waals surface area contributed by atoms with Gasteiger partial charge in [-0.1, -0.05) is 6.08 Å². The molecule has 0 bridgehead atoms. The summed E-state index contributed by atoms with van der Waals surface area (Å²) >= 11 is 0. The van der Waals surface area contributed by atoms with Gasteiger partial charge in [0.25, 0.3) is 0 Å². The maximum absolute atomic E-state index is 4.15. The van der Waals surface area contributed by atoms with Gasteiger partial charge in [0.05, 0.1) is 17.6 Å². The second-order valence-electron chi connectivity index (χ2n) is 4.20. The lowest BCUT2D eigenvalue weighted by Gasteiger charge is -2.21. The zero-order chi connectivity index (χ0) is 12.0. The molecule has 16 heavy (non-hydrogen) atoms. The second kappa shape index (κ2) is 6.16. The van der Waals surface area contributed by atoms with Crippen LogP contribution in [-0.2, 0) is 0 Å². The minimum atomic E-state index is 0.431. The van der Waals surface area contributed by atoms with Gasteiger partial charge >= 0.3 is 0 Å². The summed E-state index contributed by atoms with van der Waals surface area (Å²) < 4.78 is 0. The van der Waals surface area contributed by atoms with Crippen LogP contribution in [0.1, 0.15) is 19.8 Å². The Kier molecular flexibility index (Phi) is 4.83. The Morgan fingerprint density at radius 2 is 2.31 bits per heavy atom. The van der Waals surface area contributed by atoms with Gasteiger partial charge in [0.15, 0.2) is 0 Å². The number of anilines is 2. The molecular weight excluding hydrogens is 198 g/mol. The quantitative estimate of drug-likeness (QED) is 0.746. The predicted molar refractivity (Wildman–Crippen MR) is 71.1 cm³/mol. The predicted octanol–water partition coefficient (Wildman–Crippen LogP) is 2.91. The van der Waals surface area contributed by atoms with Crippen molar-refractivity contribution in [1.29, 1.82) is 0 Å². The van der Waals surface area contributed by atoms with Crippen molar-refractivity contribution in [3.8, 4) is 0 Å². The highest BCUT2D eigenvalue weighted by molar-refractivity contribution is 5.68. The Bertz CT molecular complexity index is 334. The van der Waals surface area contributed by atoms with E-state index < -0.39 is 0 Å². The average Bonchev–Trinajstić information content (AvgIpc) is 2.27. The van der Waals surface area contributed by atoms with Crippen LogP contribution in [0, 0.1) is 0 Å². The van der Waals surface area contributed by atoms with Crippen LogP contribution in [0.5, 0.6) is 0 Å². The lowest BCUT2D eigenvalue weighted by atomic mass is 10.1. The number of hydrogen-bond acceptors (Lipinski definition) is 3. The average molecular weight is 219 g/mol. The largest absolute Gasteiger partial charge is 0.380 e. The second-order valence-corrected chi connectivity index (χ2v) is 4.20. The summed E-state index contributed by atoms with van der Waals surface area (Å²) in [5.41, 5.74) is 2.25. The molecule has 0 aromatic carbocycles. The Hall–Kier alpha value is -1.51. The zero-order valence-corrected chi connectivity index (χ0v) is 10.4. The monoisotopic (exact) mass is 219 g/mol. The van der Waals surface area contributed by atoms with Gasteiger partial charge in [-0.3, -0.25) is 4.98 Å². The Morgan fingerprint density at radius 3 is 2.94 bits per heavy atom. The van der Waals surface area contributed by atoms with E-state index in [1.807, 2.05) is 38.6 Å². The molecule has 0 amide bonds. The normalized spacial score (nSPS) is 11.9. The van der Waals surface area contributed by atoms with E-state index >= 15 is 0 Å². The SMILES string of the molecule is C=CCCC(C)Nc1cnccc1N(C)C. The van der Waals surface area contributed by atoms with Crippen LogP contribution in [-0.4, -0.2) is 25.1 Å². The first-order valence-corrected chi connectivity index (χ1v) is 5.64. The Labute approximate surface area is 98.2 Å². The van der Waals surface area contributed by atoms with Crippen LogP contribution in [0.15, 0.2) is 31.1 Å². The van der Waals surface area contributed by atoms with Gasteiger partial charge in [-0.25, -0.2) is 0 Å². The third-order valence-electron chi connectivity index (χ3n) is 2.49. The number of allylic oxidation sites excluding steroid dienone is 1. The lowest BCUT2D eigenvalue weighted by molar-refractivity contribution is 0.718. The van der Waals surface area contributed by atoms with Crippen molar-refractivity contribution in [3.05, 3.63) is 31.1 Å². The number of aromatic nitrogens is 1. The number of nitrogens with one attached hydrogen (secondary N) is 1. The van der Waals surface area contributed by atoms with E-state index in [0.29, 0.717) is 6.04 Å². The van der Waals surface area contributed by atoms with Crippen LogP contribution in [0.2, 0.25) is 0 Å². The highest BCUT2D eigenvalue weighted by Gasteiger charge is 2.06. The molecule has 0 saturated heterocycles. The first-order chi connectivity index (χ1) is 7.65. The first kappa shape index (κ1) is 12.6. The van der Waals surface area contributed by atoms with Gasteiger partial charge < -0.3 is 10.2 Å². The molecule has 1 unspecified atom stereocenters. The van der Waals surface area contributed by atoms with E-state index in [-0.39, 0.29) is 0 Å². The molecule has 0 aliphatic carbocycles. The maximum atomic E-state index is 4.15. The van der Waals surface area contributed by atoms with Crippen molar-refractivity contribution in [1.82, 2.24) is 4.98 Å². The molecule has 0 saturated carbocycles. The van der Waals surface area contributed by atoms with Crippen LogP contribution in [0.4, 0.5) is 11.4 Å². The van der Waals surface area contributed by atoms with Gasteiger partial charge in [-0.15, -0.1) is 6.58 Å². The minimum absolute atomic E-state index is 0.431. The molecule has 1 N–H and O–H groups in total. The van der Waals surface area contributed by atoms with E-state index in [1.54, 1.807) is 0 Å². The fourth-order valence-corrected chi connectivity index (χ4v) is 1.59. The molecule has 3 nitrogen and oxygen atoms in total. The molecule has 0 aliphatic rings.